The molecule has 0 spiro atoms. The first-order valence-corrected chi connectivity index (χ1v) is 9.34. The van der Waals surface area contributed by atoms with E-state index in [0.29, 0.717) is 5.56 Å². The second-order valence-electron chi connectivity index (χ2n) is 7.15. The number of H-pyrrole nitrogens is 1. The van der Waals surface area contributed by atoms with E-state index in [9.17, 15) is 28.6 Å². The number of morpholine rings is 1. The number of aromatic nitrogens is 1. The summed E-state index contributed by atoms with van der Waals surface area (Å²) in [6.45, 7) is 2.14. The molecular formula is C21H17F3N2O5. The highest BCUT2D eigenvalue weighted by Gasteiger charge is 2.31. The first kappa shape index (κ1) is 20.7. The van der Waals surface area contributed by atoms with Crippen LogP contribution in [0.2, 0.25) is 0 Å². The van der Waals surface area contributed by atoms with Crippen LogP contribution in [-0.2, 0) is 4.74 Å². The van der Waals surface area contributed by atoms with Crippen LogP contribution in [0.3, 0.4) is 0 Å². The Hall–Kier alpha value is -3.53. The van der Waals surface area contributed by atoms with Gasteiger partial charge in [0.05, 0.1) is 29.8 Å². The van der Waals surface area contributed by atoms with Crippen LogP contribution in [0.1, 0.15) is 15.9 Å². The van der Waals surface area contributed by atoms with Crippen molar-refractivity contribution in [1.82, 2.24) is 4.98 Å². The van der Waals surface area contributed by atoms with E-state index in [1.54, 1.807) is 6.92 Å². The summed E-state index contributed by atoms with van der Waals surface area (Å²) in [4.78, 5) is 28.5. The van der Waals surface area contributed by atoms with Gasteiger partial charge >= 0.3 is 5.97 Å². The van der Waals surface area contributed by atoms with E-state index in [1.165, 1.54) is 23.1 Å². The number of nitrogens with one attached hydrogen (secondary N) is 1. The molecule has 3 N–H and O–H groups in total. The highest BCUT2D eigenvalue weighted by atomic mass is 19.2. The van der Waals surface area contributed by atoms with Gasteiger partial charge in [0.15, 0.2) is 17.5 Å². The van der Waals surface area contributed by atoms with Crippen molar-refractivity contribution in [2.75, 3.05) is 31.2 Å². The number of carboxylic acids is 1. The number of aromatic carboxylic acids is 1. The fraction of sp³-hybridized carbons (Fsp3) is 0.238. The number of pyridine rings is 1. The first-order valence-electron chi connectivity index (χ1n) is 9.34. The van der Waals surface area contributed by atoms with Crippen LogP contribution in [-0.4, -0.2) is 47.5 Å². The molecule has 0 atom stereocenters. The number of phenolic OH excluding ortho intramolecular Hbond substituents is 1. The van der Waals surface area contributed by atoms with Gasteiger partial charge in [0.1, 0.15) is 17.0 Å². The van der Waals surface area contributed by atoms with Gasteiger partial charge in [-0.05, 0) is 30.7 Å². The fourth-order valence-corrected chi connectivity index (χ4v) is 3.80. The van der Waals surface area contributed by atoms with E-state index < -0.39 is 51.0 Å². The third-order valence-corrected chi connectivity index (χ3v) is 5.27. The number of nitrogens with zero attached hydrogens (tertiary/aromatic N) is 1. The van der Waals surface area contributed by atoms with Crippen molar-refractivity contribution in [1.29, 1.82) is 0 Å². The number of aryl methyl sites for hydroxylation is 1. The maximum Gasteiger partial charge on any atom is 0.341 e. The SMILES string of the molecule is Cc1cc(O)ccc1-c1[nH]c2c(F)c(N3CCOCC3)c(F)c(F)c2c(=O)c1C(=O)O. The standard InChI is InChI=1S/C21H17F3N2O5/c1-9-8-10(27)2-3-11(9)17-13(21(29)30)20(28)12-14(22)15(23)19(16(24)18(12)25-17)26-4-6-31-7-5-26/h2-3,8,27H,4-7H2,1H3,(H,25,28)(H,29,30). The number of carbonyl (C=O) groups is 1. The summed E-state index contributed by atoms with van der Waals surface area (Å²) >= 11 is 0. The van der Waals surface area contributed by atoms with Gasteiger partial charge in [-0.3, -0.25) is 4.79 Å². The maximum absolute atomic E-state index is 15.4. The van der Waals surface area contributed by atoms with Gasteiger partial charge < -0.3 is 24.8 Å². The normalized spacial score (nSPS) is 14.3. The molecule has 0 unspecified atom stereocenters. The smallest absolute Gasteiger partial charge is 0.341 e. The molecule has 1 saturated heterocycles. The average molecular weight is 434 g/mol. The molecule has 0 bridgehead atoms. The van der Waals surface area contributed by atoms with Crippen molar-refractivity contribution in [2.24, 2.45) is 0 Å². The highest BCUT2D eigenvalue weighted by molar-refractivity contribution is 6.00. The molecule has 0 amide bonds. The Kier molecular flexibility index (Phi) is 5.10. The zero-order valence-corrected chi connectivity index (χ0v) is 16.3. The van der Waals surface area contributed by atoms with Crippen LogP contribution >= 0.6 is 0 Å². The molecule has 0 aliphatic carbocycles. The van der Waals surface area contributed by atoms with E-state index >= 15 is 4.39 Å². The van der Waals surface area contributed by atoms with Gasteiger partial charge in [0.2, 0.25) is 5.43 Å². The Balaban J connectivity index is 2.11. The Labute approximate surface area is 173 Å². The minimum Gasteiger partial charge on any atom is -0.508 e. The number of fused-ring (bicyclic) bond motifs is 1. The number of halogens is 3. The van der Waals surface area contributed by atoms with E-state index in [4.69, 9.17) is 4.74 Å². The zero-order chi connectivity index (χ0) is 22.4. The van der Waals surface area contributed by atoms with Gasteiger partial charge in [0, 0.05) is 18.7 Å². The molecular weight excluding hydrogens is 417 g/mol. The number of aromatic hydroxyl groups is 1. The summed E-state index contributed by atoms with van der Waals surface area (Å²) in [5, 5.41) is 18.2. The number of rotatable bonds is 3. The summed E-state index contributed by atoms with van der Waals surface area (Å²) < 4.78 is 50.3. The largest absolute Gasteiger partial charge is 0.508 e. The van der Waals surface area contributed by atoms with E-state index in [0.717, 1.165) is 0 Å². The summed E-state index contributed by atoms with van der Waals surface area (Å²) in [5.74, 6) is -6.20. The van der Waals surface area contributed by atoms with Crippen molar-refractivity contribution in [2.45, 2.75) is 6.92 Å². The number of hydrogen-bond donors (Lipinski definition) is 3. The predicted molar refractivity (Wildman–Crippen MR) is 106 cm³/mol. The number of phenols is 1. The van der Waals surface area contributed by atoms with Crippen LogP contribution in [0, 0.1) is 24.4 Å². The minimum absolute atomic E-state index is 0.102. The lowest BCUT2D eigenvalue weighted by atomic mass is 9.98. The average Bonchev–Trinajstić information content (AvgIpc) is 2.72. The molecule has 4 rings (SSSR count). The van der Waals surface area contributed by atoms with Crippen molar-refractivity contribution in [3.8, 4) is 17.0 Å². The molecule has 7 nitrogen and oxygen atoms in total. The van der Waals surface area contributed by atoms with E-state index in [1.807, 2.05) is 0 Å². The Morgan fingerprint density at radius 2 is 1.81 bits per heavy atom. The quantitative estimate of drug-likeness (QED) is 0.548. The number of aromatic amines is 1. The number of anilines is 1. The van der Waals surface area contributed by atoms with Crippen LogP contribution in [0.15, 0.2) is 23.0 Å². The van der Waals surface area contributed by atoms with Crippen molar-refractivity contribution >= 4 is 22.6 Å². The Morgan fingerprint density at radius 3 is 2.42 bits per heavy atom. The Morgan fingerprint density at radius 1 is 1.13 bits per heavy atom. The number of benzene rings is 2. The molecule has 162 valence electrons. The molecule has 10 heteroatoms. The van der Waals surface area contributed by atoms with Crippen molar-refractivity contribution in [3.63, 3.8) is 0 Å². The van der Waals surface area contributed by atoms with Crippen LogP contribution in [0.4, 0.5) is 18.9 Å². The molecule has 0 radical (unpaired) electrons. The second kappa shape index (κ2) is 7.62. The lowest BCUT2D eigenvalue weighted by Gasteiger charge is -2.29. The van der Waals surface area contributed by atoms with E-state index in [-0.39, 0.29) is 43.3 Å². The molecule has 1 aliphatic rings. The number of hydrogen-bond acceptors (Lipinski definition) is 5. The topological polar surface area (TPSA) is 103 Å². The summed E-state index contributed by atoms with van der Waals surface area (Å²) in [6, 6.07) is 3.93. The van der Waals surface area contributed by atoms with E-state index in [2.05, 4.69) is 4.98 Å². The Bertz CT molecular complexity index is 1280. The summed E-state index contributed by atoms with van der Waals surface area (Å²) in [7, 11) is 0. The molecule has 1 fully saturated rings. The highest BCUT2D eigenvalue weighted by Crippen LogP contribution is 2.35. The third kappa shape index (κ3) is 3.28. The first-order chi connectivity index (χ1) is 14.7. The lowest BCUT2D eigenvalue weighted by molar-refractivity contribution is 0.0696. The van der Waals surface area contributed by atoms with Gasteiger partial charge in [-0.15, -0.1) is 0 Å². The van der Waals surface area contributed by atoms with Crippen molar-refractivity contribution < 1.29 is 32.9 Å². The minimum atomic E-state index is -1.69. The predicted octanol–water partition coefficient (Wildman–Crippen LogP) is 3.16. The fourth-order valence-electron chi connectivity index (χ4n) is 3.80. The summed E-state index contributed by atoms with van der Waals surface area (Å²) in [6.07, 6.45) is 0. The molecule has 3 aromatic rings. The van der Waals surface area contributed by atoms with Crippen LogP contribution in [0.5, 0.6) is 5.75 Å². The van der Waals surface area contributed by atoms with Crippen LogP contribution in [0.25, 0.3) is 22.2 Å². The number of carboxylic acid groups (broad SMARTS) is 1. The molecule has 2 aromatic carbocycles. The monoisotopic (exact) mass is 434 g/mol. The maximum atomic E-state index is 15.4. The molecule has 0 saturated carbocycles. The summed E-state index contributed by atoms with van der Waals surface area (Å²) in [5.41, 5.74) is -3.22. The van der Waals surface area contributed by atoms with Crippen molar-refractivity contribution in [3.05, 3.63) is 57.0 Å². The third-order valence-electron chi connectivity index (χ3n) is 5.27. The second-order valence-corrected chi connectivity index (χ2v) is 7.15. The lowest BCUT2D eigenvalue weighted by Crippen LogP contribution is -2.37. The van der Waals surface area contributed by atoms with Gasteiger partial charge in [0.25, 0.3) is 0 Å². The molecule has 1 aromatic heterocycles. The number of ether oxygens (including phenoxy) is 1. The molecule has 31 heavy (non-hydrogen) atoms. The zero-order valence-electron chi connectivity index (χ0n) is 16.3. The van der Waals surface area contributed by atoms with Gasteiger partial charge in [-0.25, -0.2) is 18.0 Å². The van der Waals surface area contributed by atoms with Gasteiger partial charge in [-0.2, -0.15) is 0 Å². The van der Waals surface area contributed by atoms with Gasteiger partial charge in [-0.1, -0.05) is 0 Å². The van der Waals surface area contributed by atoms with Crippen LogP contribution < -0.4 is 10.3 Å². The molecule has 2 heterocycles. The molecule has 1 aliphatic heterocycles.